The van der Waals surface area contributed by atoms with Gasteiger partial charge in [0.15, 0.2) is 0 Å². The first-order valence-corrected chi connectivity index (χ1v) is 12.0. The van der Waals surface area contributed by atoms with E-state index in [0.717, 1.165) is 10.0 Å². The minimum atomic E-state index is -3.52. The molecule has 3 aromatic rings. The number of sulfonamides is 1. The van der Waals surface area contributed by atoms with Crippen molar-refractivity contribution in [1.29, 1.82) is 0 Å². The molecule has 0 spiro atoms. The fourth-order valence-corrected chi connectivity index (χ4v) is 5.29. The molecule has 4 rings (SSSR count). The zero-order valence-corrected chi connectivity index (χ0v) is 19.5. The van der Waals surface area contributed by atoms with Crippen LogP contribution in [0.15, 0.2) is 56.4 Å². The predicted molar refractivity (Wildman–Crippen MR) is 118 cm³/mol. The van der Waals surface area contributed by atoms with Crippen LogP contribution in [0.2, 0.25) is 0 Å². The van der Waals surface area contributed by atoms with E-state index in [2.05, 4.69) is 26.1 Å². The second-order valence-corrected chi connectivity index (χ2v) is 10.0. The fraction of sp³-hybridized carbons (Fsp3) is 0.333. The Hall–Kier alpha value is -2.43. The first-order valence-electron chi connectivity index (χ1n) is 9.73. The van der Waals surface area contributed by atoms with E-state index in [9.17, 15) is 8.42 Å². The van der Waals surface area contributed by atoms with Crippen LogP contribution in [0.1, 0.15) is 24.7 Å². The fourth-order valence-electron chi connectivity index (χ4n) is 3.55. The maximum Gasteiger partial charge on any atom is 0.243 e. The Morgan fingerprint density at radius 3 is 2.23 bits per heavy atom. The number of aromatic nitrogens is 2. The molecule has 2 aromatic carbocycles. The standard InChI is InChI=1S/C21H22BrN3O5S/c1-28-17-11-15(12-18(13-17)29-2)20-23-21(30-24-20)14-7-9-25(10-8-14)31(26,27)19-5-3-16(22)4-6-19/h3-6,11-14H,7-10H2,1-2H3. The van der Waals surface area contributed by atoms with E-state index in [-0.39, 0.29) is 5.92 Å². The first-order chi connectivity index (χ1) is 14.9. The van der Waals surface area contributed by atoms with Crippen LogP contribution < -0.4 is 9.47 Å². The summed E-state index contributed by atoms with van der Waals surface area (Å²) in [5, 5.41) is 4.10. The molecule has 0 N–H and O–H groups in total. The van der Waals surface area contributed by atoms with Crippen molar-refractivity contribution >= 4 is 26.0 Å². The molecule has 0 atom stereocenters. The topological polar surface area (TPSA) is 94.8 Å². The zero-order chi connectivity index (χ0) is 22.0. The molecule has 1 aliphatic rings. The van der Waals surface area contributed by atoms with Gasteiger partial charge in [-0.2, -0.15) is 9.29 Å². The van der Waals surface area contributed by atoms with E-state index < -0.39 is 10.0 Å². The SMILES string of the molecule is COc1cc(OC)cc(-c2noc(C3CCN(S(=O)(=O)c4ccc(Br)cc4)CC3)n2)c1. The summed E-state index contributed by atoms with van der Waals surface area (Å²) in [5.74, 6) is 2.22. The summed E-state index contributed by atoms with van der Waals surface area (Å²) >= 11 is 3.33. The van der Waals surface area contributed by atoms with Crippen LogP contribution in [0.5, 0.6) is 11.5 Å². The third-order valence-corrected chi connectivity index (χ3v) is 7.75. The van der Waals surface area contributed by atoms with Crippen molar-refractivity contribution in [2.24, 2.45) is 0 Å². The van der Waals surface area contributed by atoms with Gasteiger partial charge in [-0.25, -0.2) is 8.42 Å². The molecule has 0 aliphatic carbocycles. The number of methoxy groups -OCH3 is 2. The summed E-state index contributed by atoms with van der Waals surface area (Å²) in [6.07, 6.45) is 1.22. The lowest BCUT2D eigenvalue weighted by Gasteiger charge is -2.29. The van der Waals surface area contributed by atoms with E-state index >= 15 is 0 Å². The molecule has 1 aliphatic heterocycles. The molecule has 2 heterocycles. The normalized spacial score (nSPS) is 15.7. The van der Waals surface area contributed by atoms with Gasteiger partial charge in [0.1, 0.15) is 11.5 Å². The Morgan fingerprint density at radius 2 is 1.65 bits per heavy atom. The Labute approximate surface area is 189 Å². The van der Waals surface area contributed by atoms with Gasteiger partial charge in [0.05, 0.1) is 19.1 Å². The van der Waals surface area contributed by atoms with E-state index in [1.807, 2.05) is 12.1 Å². The molecule has 0 radical (unpaired) electrons. The average Bonchev–Trinajstić information content (AvgIpc) is 3.29. The van der Waals surface area contributed by atoms with Gasteiger partial charge in [0, 0.05) is 35.1 Å². The Balaban J connectivity index is 1.47. The van der Waals surface area contributed by atoms with Crippen LogP contribution in [0.3, 0.4) is 0 Å². The van der Waals surface area contributed by atoms with E-state index in [0.29, 0.717) is 54.0 Å². The Bertz CT molecular complexity index is 1130. The van der Waals surface area contributed by atoms with Gasteiger partial charge in [0.2, 0.25) is 21.7 Å². The van der Waals surface area contributed by atoms with Gasteiger partial charge >= 0.3 is 0 Å². The van der Waals surface area contributed by atoms with Crippen LogP contribution >= 0.6 is 15.9 Å². The van der Waals surface area contributed by atoms with E-state index in [1.165, 1.54) is 4.31 Å². The molecule has 0 unspecified atom stereocenters. The highest BCUT2D eigenvalue weighted by Crippen LogP contribution is 2.33. The molecule has 0 amide bonds. The number of nitrogens with zero attached hydrogens (tertiary/aromatic N) is 3. The highest BCUT2D eigenvalue weighted by Gasteiger charge is 2.32. The number of piperidine rings is 1. The third kappa shape index (κ3) is 4.60. The van der Waals surface area contributed by atoms with Crippen LogP contribution in [0.4, 0.5) is 0 Å². The van der Waals surface area contributed by atoms with Gasteiger partial charge < -0.3 is 14.0 Å². The van der Waals surface area contributed by atoms with Crippen LogP contribution in [0.25, 0.3) is 11.4 Å². The minimum absolute atomic E-state index is 0.00474. The third-order valence-electron chi connectivity index (χ3n) is 5.31. The summed E-state index contributed by atoms with van der Waals surface area (Å²) in [5.41, 5.74) is 0.724. The average molecular weight is 508 g/mol. The summed E-state index contributed by atoms with van der Waals surface area (Å²) in [7, 11) is -0.360. The van der Waals surface area contributed by atoms with Gasteiger partial charge in [0.25, 0.3) is 0 Å². The van der Waals surface area contributed by atoms with Crippen molar-refractivity contribution in [2.45, 2.75) is 23.7 Å². The number of hydrogen-bond acceptors (Lipinski definition) is 7. The summed E-state index contributed by atoms with van der Waals surface area (Å²) in [4.78, 5) is 4.84. The number of halogens is 1. The van der Waals surface area contributed by atoms with Crippen LogP contribution in [-0.2, 0) is 10.0 Å². The molecular weight excluding hydrogens is 486 g/mol. The molecule has 1 saturated heterocycles. The summed E-state index contributed by atoms with van der Waals surface area (Å²) < 4.78 is 44.2. The number of rotatable bonds is 6. The molecule has 1 fully saturated rings. The van der Waals surface area contributed by atoms with Crippen molar-refractivity contribution in [3.05, 3.63) is 52.8 Å². The van der Waals surface area contributed by atoms with Gasteiger partial charge in [-0.1, -0.05) is 21.1 Å². The molecule has 1 aromatic heterocycles. The van der Waals surface area contributed by atoms with Crippen molar-refractivity contribution in [1.82, 2.24) is 14.4 Å². The van der Waals surface area contributed by atoms with Gasteiger partial charge in [-0.05, 0) is 49.2 Å². The second kappa shape index (κ2) is 8.97. The van der Waals surface area contributed by atoms with Gasteiger partial charge in [-0.3, -0.25) is 0 Å². The van der Waals surface area contributed by atoms with Crippen molar-refractivity contribution in [3.63, 3.8) is 0 Å². The largest absolute Gasteiger partial charge is 0.497 e. The lowest BCUT2D eigenvalue weighted by molar-refractivity contribution is 0.271. The van der Waals surface area contributed by atoms with Crippen LogP contribution in [-0.4, -0.2) is 50.2 Å². The zero-order valence-electron chi connectivity index (χ0n) is 17.1. The molecule has 8 nitrogen and oxygen atoms in total. The number of benzene rings is 2. The number of hydrogen-bond donors (Lipinski definition) is 0. The lowest BCUT2D eigenvalue weighted by Crippen LogP contribution is -2.37. The molecule has 0 saturated carbocycles. The molecule has 0 bridgehead atoms. The predicted octanol–water partition coefficient (Wildman–Crippen LogP) is 4.08. The Kier molecular flexibility index (Phi) is 6.31. The van der Waals surface area contributed by atoms with Crippen molar-refractivity contribution < 1.29 is 22.4 Å². The minimum Gasteiger partial charge on any atom is -0.497 e. The lowest BCUT2D eigenvalue weighted by atomic mass is 9.98. The highest BCUT2D eigenvalue weighted by atomic mass is 79.9. The smallest absolute Gasteiger partial charge is 0.243 e. The summed E-state index contributed by atoms with van der Waals surface area (Å²) in [6, 6.07) is 12.1. The van der Waals surface area contributed by atoms with Crippen LogP contribution in [0, 0.1) is 0 Å². The molecule has 10 heteroatoms. The maximum absolute atomic E-state index is 12.9. The quantitative estimate of drug-likeness (QED) is 0.495. The van der Waals surface area contributed by atoms with Crippen molar-refractivity contribution in [2.75, 3.05) is 27.3 Å². The molecule has 164 valence electrons. The Morgan fingerprint density at radius 1 is 1.03 bits per heavy atom. The summed E-state index contributed by atoms with van der Waals surface area (Å²) in [6.45, 7) is 0.793. The van der Waals surface area contributed by atoms with Gasteiger partial charge in [-0.15, -0.1) is 0 Å². The molecular formula is C21H22BrN3O5S. The first kappa shape index (κ1) is 21.8. The van der Waals surface area contributed by atoms with Crippen molar-refractivity contribution in [3.8, 4) is 22.9 Å². The highest BCUT2D eigenvalue weighted by molar-refractivity contribution is 9.10. The monoisotopic (exact) mass is 507 g/mol. The van der Waals surface area contributed by atoms with E-state index in [1.54, 1.807) is 44.6 Å². The number of ether oxygens (including phenoxy) is 2. The van der Waals surface area contributed by atoms with E-state index in [4.69, 9.17) is 14.0 Å². The second-order valence-electron chi connectivity index (χ2n) is 7.19. The maximum atomic E-state index is 12.9. The molecule has 31 heavy (non-hydrogen) atoms.